The highest BCUT2D eigenvalue weighted by Gasteiger charge is 2.24. The molecule has 1 heterocycles. The molecule has 1 aliphatic heterocycles. The number of halogens is 1. The van der Waals surface area contributed by atoms with Crippen LogP contribution in [0, 0.1) is 0 Å². The molecule has 114 valence electrons. The molecular formula is C16H16ClN3O2. The van der Waals surface area contributed by atoms with Crippen molar-refractivity contribution in [1.29, 1.82) is 0 Å². The SMILES string of the molecule is C=CCc1cc(OC)c(O)c(N2NNc3cc(Cl)ccc32)c1. The zero-order valence-electron chi connectivity index (χ0n) is 12.1. The summed E-state index contributed by atoms with van der Waals surface area (Å²) in [7, 11) is 1.53. The maximum atomic E-state index is 10.4. The predicted molar refractivity (Wildman–Crippen MR) is 88.9 cm³/mol. The van der Waals surface area contributed by atoms with E-state index >= 15 is 0 Å². The number of phenols is 1. The normalized spacial score (nSPS) is 12.7. The highest BCUT2D eigenvalue weighted by molar-refractivity contribution is 6.31. The summed E-state index contributed by atoms with van der Waals surface area (Å²) in [6.45, 7) is 3.75. The molecule has 5 nitrogen and oxygen atoms in total. The summed E-state index contributed by atoms with van der Waals surface area (Å²) in [5.74, 6) is 0.478. The molecule has 0 saturated heterocycles. The third-order valence-electron chi connectivity index (χ3n) is 3.46. The van der Waals surface area contributed by atoms with E-state index in [0.29, 0.717) is 22.9 Å². The van der Waals surface area contributed by atoms with Gasteiger partial charge in [-0.2, -0.15) is 0 Å². The molecule has 6 heteroatoms. The van der Waals surface area contributed by atoms with Crippen LogP contribution in [0.5, 0.6) is 11.5 Å². The second kappa shape index (κ2) is 5.79. The number of methoxy groups -OCH3 is 1. The van der Waals surface area contributed by atoms with E-state index in [1.54, 1.807) is 23.2 Å². The molecule has 0 saturated carbocycles. The number of aromatic hydroxyl groups is 1. The first-order valence-corrected chi connectivity index (χ1v) is 7.14. The smallest absolute Gasteiger partial charge is 0.183 e. The lowest BCUT2D eigenvalue weighted by Crippen LogP contribution is -2.31. The standard InChI is InChI=1S/C16H16ClN3O2/c1-3-4-10-7-14(16(21)15(8-10)22-2)20-13-6-5-11(17)9-12(13)18-19-20/h3,5-9,18-19,21H,1,4H2,2H3. The predicted octanol–water partition coefficient (Wildman–Crippen LogP) is 3.77. The molecule has 0 atom stereocenters. The summed E-state index contributed by atoms with van der Waals surface area (Å²) < 4.78 is 5.26. The number of hydrogen-bond acceptors (Lipinski definition) is 5. The molecular weight excluding hydrogens is 302 g/mol. The van der Waals surface area contributed by atoms with Crippen LogP contribution in [-0.2, 0) is 6.42 Å². The Morgan fingerprint density at radius 1 is 1.32 bits per heavy atom. The van der Waals surface area contributed by atoms with Gasteiger partial charge in [-0.1, -0.05) is 17.7 Å². The van der Waals surface area contributed by atoms with Crippen molar-refractivity contribution in [3.63, 3.8) is 0 Å². The van der Waals surface area contributed by atoms with Crippen LogP contribution in [0.4, 0.5) is 17.1 Å². The Morgan fingerprint density at radius 2 is 2.14 bits per heavy atom. The van der Waals surface area contributed by atoms with Crippen molar-refractivity contribution < 1.29 is 9.84 Å². The van der Waals surface area contributed by atoms with Crippen LogP contribution in [-0.4, -0.2) is 12.2 Å². The fraction of sp³-hybridized carbons (Fsp3) is 0.125. The molecule has 22 heavy (non-hydrogen) atoms. The zero-order valence-corrected chi connectivity index (χ0v) is 12.8. The number of allylic oxidation sites excluding steroid dienone is 1. The number of ether oxygens (including phenoxy) is 1. The second-order valence-corrected chi connectivity index (χ2v) is 5.33. The van der Waals surface area contributed by atoms with Crippen LogP contribution in [0.15, 0.2) is 43.0 Å². The van der Waals surface area contributed by atoms with E-state index < -0.39 is 0 Å². The number of fused-ring (bicyclic) bond motifs is 1. The van der Waals surface area contributed by atoms with Gasteiger partial charge in [0.05, 0.1) is 18.5 Å². The molecule has 3 rings (SSSR count). The van der Waals surface area contributed by atoms with E-state index in [1.807, 2.05) is 18.2 Å². The fourth-order valence-electron chi connectivity index (χ4n) is 2.43. The zero-order chi connectivity index (χ0) is 15.7. The third kappa shape index (κ3) is 2.45. The summed E-state index contributed by atoms with van der Waals surface area (Å²) in [5.41, 5.74) is 9.30. The number of nitrogens with zero attached hydrogens (tertiary/aromatic N) is 1. The first kappa shape index (κ1) is 14.6. The monoisotopic (exact) mass is 317 g/mol. The van der Waals surface area contributed by atoms with E-state index in [-0.39, 0.29) is 5.75 Å². The Bertz CT molecular complexity index is 734. The van der Waals surface area contributed by atoms with E-state index in [4.69, 9.17) is 16.3 Å². The van der Waals surface area contributed by atoms with Crippen molar-refractivity contribution >= 4 is 28.7 Å². The van der Waals surface area contributed by atoms with Crippen LogP contribution in [0.2, 0.25) is 5.02 Å². The maximum Gasteiger partial charge on any atom is 0.183 e. The van der Waals surface area contributed by atoms with Crippen LogP contribution >= 0.6 is 11.6 Å². The summed E-state index contributed by atoms with van der Waals surface area (Å²) in [4.78, 5) is 0. The minimum Gasteiger partial charge on any atom is -0.503 e. The van der Waals surface area contributed by atoms with Crippen molar-refractivity contribution in [1.82, 2.24) is 5.53 Å². The summed E-state index contributed by atoms with van der Waals surface area (Å²) in [6, 6.07) is 9.16. The molecule has 0 bridgehead atoms. The van der Waals surface area contributed by atoms with Crippen molar-refractivity contribution in [3.8, 4) is 11.5 Å². The number of phenolic OH excluding ortho intramolecular Hbond substituents is 1. The molecule has 3 N–H and O–H groups in total. The minimum atomic E-state index is 0.0624. The molecule has 0 unspecified atom stereocenters. The highest BCUT2D eigenvalue weighted by atomic mass is 35.5. The van der Waals surface area contributed by atoms with Gasteiger partial charge in [0, 0.05) is 5.02 Å². The topological polar surface area (TPSA) is 56.8 Å². The molecule has 0 amide bonds. The molecule has 0 fully saturated rings. The Labute approximate surface area is 133 Å². The van der Waals surface area contributed by atoms with Crippen LogP contribution < -0.4 is 20.7 Å². The molecule has 0 radical (unpaired) electrons. The second-order valence-electron chi connectivity index (χ2n) is 4.89. The summed E-state index contributed by atoms with van der Waals surface area (Å²) >= 11 is 6.00. The Hall–Kier alpha value is -2.37. The lowest BCUT2D eigenvalue weighted by Gasteiger charge is -2.21. The quantitative estimate of drug-likeness (QED) is 0.750. The largest absolute Gasteiger partial charge is 0.503 e. The number of hydrazine groups is 2. The summed E-state index contributed by atoms with van der Waals surface area (Å²) in [6.07, 6.45) is 2.48. The molecule has 0 spiro atoms. The lowest BCUT2D eigenvalue weighted by atomic mass is 10.1. The molecule has 2 aromatic rings. The average Bonchev–Trinajstić information content (AvgIpc) is 2.91. The summed E-state index contributed by atoms with van der Waals surface area (Å²) in [5, 5.41) is 12.8. The molecule has 2 aromatic carbocycles. The highest BCUT2D eigenvalue weighted by Crippen LogP contribution is 2.44. The van der Waals surface area contributed by atoms with Gasteiger partial charge >= 0.3 is 0 Å². The van der Waals surface area contributed by atoms with Crippen LogP contribution in [0.1, 0.15) is 5.56 Å². The number of anilines is 3. The maximum absolute atomic E-state index is 10.4. The minimum absolute atomic E-state index is 0.0624. The first-order chi connectivity index (χ1) is 10.6. The van der Waals surface area contributed by atoms with Crippen LogP contribution in [0.25, 0.3) is 0 Å². The van der Waals surface area contributed by atoms with Gasteiger partial charge in [0.1, 0.15) is 5.69 Å². The van der Waals surface area contributed by atoms with Gasteiger partial charge in [-0.25, -0.2) is 0 Å². The van der Waals surface area contributed by atoms with Crippen molar-refractivity contribution in [2.45, 2.75) is 6.42 Å². The Balaban J connectivity index is 2.09. The van der Waals surface area contributed by atoms with E-state index in [9.17, 15) is 5.11 Å². The van der Waals surface area contributed by atoms with E-state index in [2.05, 4.69) is 17.5 Å². The van der Waals surface area contributed by atoms with Gasteiger partial charge in [0.15, 0.2) is 11.5 Å². The van der Waals surface area contributed by atoms with Crippen molar-refractivity contribution in [2.75, 3.05) is 17.5 Å². The van der Waals surface area contributed by atoms with Gasteiger partial charge in [-0.3, -0.25) is 5.01 Å². The number of benzene rings is 2. The molecule has 0 aromatic heterocycles. The fourth-order valence-corrected chi connectivity index (χ4v) is 2.60. The van der Waals surface area contributed by atoms with E-state index in [1.165, 1.54) is 7.11 Å². The van der Waals surface area contributed by atoms with Crippen molar-refractivity contribution in [3.05, 3.63) is 53.6 Å². The number of rotatable bonds is 4. The number of nitrogens with one attached hydrogen (secondary N) is 2. The van der Waals surface area contributed by atoms with Gasteiger partial charge in [0.25, 0.3) is 0 Å². The Morgan fingerprint density at radius 3 is 2.86 bits per heavy atom. The first-order valence-electron chi connectivity index (χ1n) is 6.76. The van der Waals surface area contributed by atoms with Crippen molar-refractivity contribution in [2.24, 2.45) is 0 Å². The average molecular weight is 318 g/mol. The van der Waals surface area contributed by atoms with Gasteiger partial charge in [-0.05, 0) is 42.3 Å². The van der Waals surface area contributed by atoms with Crippen LogP contribution in [0.3, 0.4) is 0 Å². The third-order valence-corrected chi connectivity index (χ3v) is 3.69. The van der Waals surface area contributed by atoms with E-state index in [0.717, 1.165) is 16.9 Å². The Kier molecular flexibility index (Phi) is 3.83. The lowest BCUT2D eigenvalue weighted by molar-refractivity contribution is 0.373. The van der Waals surface area contributed by atoms with Gasteiger partial charge in [-0.15, -0.1) is 12.1 Å². The molecule has 0 aliphatic carbocycles. The van der Waals surface area contributed by atoms with Gasteiger partial charge in [0.2, 0.25) is 0 Å². The number of hydrogen-bond donors (Lipinski definition) is 3. The molecule has 1 aliphatic rings. The van der Waals surface area contributed by atoms with Gasteiger partial charge < -0.3 is 15.3 Å².